The quantitative estimate of drug-likeness (QED) is 0.138. The SMILES string of the molecule is O=C(O)CCCCC(/C=C/c1ccccc1OCCCCCc1ccccc1)Cc1ccc(-c2nn[nH]n2)cc1. The number of tetrazole rings is 1. The molecule has 0 aliphatic rings. The Kier molecular flexibility index (Phi) is 11.5. The number of hydrogen-bond acceptors (Lipinski definition) is 5. The lowest BCUT2D eigenvalue weighted by atomic mass is 9.92. The van der Waals surface area contributed by atoms with Crippen molar-refractivity contribution in [2.45, 2.75) is 57.8 Å². The molecule has 1 heterocycles. The molecule has 0 bridgehead atoms. The Bertz CT molecular complexity index is 1310. The van der Waals surface area contributed by atoms with Gasteiger partial charge in [0.1, 0.15) is 5.75 Å². The number of carboxylic acids is 1. The lowest BCUT2D eigenvalue weighted by Gasteiger charge is -2.14. The van der Waals surface area contributed by atoms with Crippen LogP contribution in [-0.2, 0) is 17.6 Å². The van der Waals surface area contributed by atoms with E-state index in [4.69, 9.17) is 9.84 Å². The van der Waals surface area contributed by atoms with Crippen LogP contribution in [0.1, 0.15) is 61.6 Å². The number of aromatic amines is 1. The lowest BCUT2D eigenvalue weighted by molar-refractivity contribution is -0.137. The van der Waals surface area contributed by atoms with Gasteiger partial charge in [-0.15, -0.1) is 10.2 Å². The topological polar surface area (TPSA) is 101 Å². The van der Waals surface area contributed by atoms with Crippen molar-refractivity contribution in [3.63, 3.8) is 0 Å². The Morgan fingerprint density at radius 2 is 1.68 bits per heavy atom. The number of para-hydroxylation sites is 1. The van der Waals surface area contributed by atoms with E-state index in [9.17, 15) is 4.79 Å². The number of benzene rings is 3. The Labute approximate surface area is 236 Å². The van der Waals surface area contributed by atoms with Crippen molar-refractivity contribution in [2.24, 2.45) is 5.92 Å². The molecular weight excluding hydrogens is 500 g/mol. The van der Waals surface area contributed by atoms with Gasteiger partial charge >= 0.3 is 5.97 Å². The van der Waals surface area contributed by atoms with Crippen molar-refractivity contribution >= 4 is 12.0 Å². The van der Waals surface area contributed by atoms with Gasteiger partial charge in [0.25, 0.3) is 0 Å². The first-order chi connectivity index (χ1) is 19.7. The minimum Gasteiger partial charge on any atom is -0.493 e. The third kappa shape index (κ3) is 9.80. The van der Waals surface area contributed by atoms with Gasteiger partial charge in [-0.25, -0.2) is 0 Å². The predicted molar refractivity (Wildman–Crippen MR) is 158 cm³/mol. The lowest BCUT2D eigenvalue weighted by Crippen LogP contribution is -2.03. The van der Waals surface area contributed by atoms with Crippen molar-refractivity contribution in [3.8, 4) is 17.1 Å². The molecule has 208 valence electrons. The number of aromatic nitrogens is 4. The maximum Gasteiger partial charge on any atom is 0.303 e. The molecule has 1 aromatic heterocycles. The molecule has 0 aliphatic heterocycles. The van der Waals surface area contributed by atoms with E-state index in [0.717, 1.165) is 61.8 Å². The van der Waals surface area contributed by atoms with E-state index >= 15 is 0 Å². The molecule has 0 aliphatic carbocycles. The van der Waals surface area contributed by atoms with E-state index in [1.165, 1.54) is 11.1 Å². The highest BCUT2D eigenvalue weighted by molar-refractivity contribution is 5.66. The largest absolute Gasteiger partial charge is 0.493 e. The van der Waals surface area contributed by atoms with Crippen LogP contribution in [0.15, 0.2) is 84.9 Å². The zero-order chi connectivity index (χ0) is 27.8. The molecule has 4 aromatic rings. The van der Waals surface area contributed by atoms with Gasteiger partial charge in [0.05, 0.1) is 6.61 Å². The number of unbranched alkanes of at least 4 members (excludes halogenated alkanes) is 3. The number of nitrogens with one attached hydrogen (secondary N) is 1. The Hall–Kier alpha value is -4.26. The van der Waals surface area contributed by atoms with E-state index < -0.39 is 5.97 Å². The number of rotatable bonds is 17. The van der Waals surface area contributed by atoms with Crippen molar-refractivity contribution in [2.75, 3.05) is 6.61 Å². The van der Waals surface area contributed by atoms with Gasteiger partial charge in [-0.3, -0.25) is 4.79 Å². The van der Waals surface area contributed by atoms with Crippen LogP contribution in [0.25, 0.3) is 17.5 Å². The molecule has 0 spiro atoms. The maximum absolute atomic E-state index is 11.0. The average Bonchev–Trinajstić information content (AvgIpc) is 3.52. The molecule has 4 rings (SSSR count). The molecule has 1 atom stereocenters. The van der Waals surface area contributed by atoms with Crippen LogP contribution in [0.2, 0.25) is 0 Å². The summed E-state index contributed by atoms with van der Waals surface area (Å²) in [7, 11) is 0. The van der Waals surface area contributed by atoms with Crippen LogP contribution >= 0.6 is 0 Å². The molecule has 2 N–H and O–H groups in total. The number of nitrogens with zero attached hydrogens (tertiary/aromatic N) is 3. The van der Waals surface area contributed by atoms with Gasteiger partial charge in [0.2, 0.25) is 5.82 Å². The fourth-order valence-electron chi connectivity index (χ4n) is 4.75. The second kappa shape index (κ2) is 16.0. The number of allylic oxidation sites excluding steroid dienone is 1. The van der Waals surface area contributed by atoms with Crippen LogP contribution in [-0.4, -0.2) is 38.3 Å². The molecular formula is C33H38N4O3. The molecule has 1 unspecified atom stereocenters. The molecule has 0 fully saturated rings. The van der Waals surface area contributed by atoms with E-state index in [0.29, 0.717) is 18.9 Å². The molecule has 0 amide bonds. The molecule has 3 aromatic carbocycles. The summed E-state index contributed by atoms with van der Waals surface area (Å²) < 4.78 is 6.18. The first-order valence-electron chi connectivity index (χ1n) is 14.2. The third-order valence-corrected chi connectivity index (χ3v) is 6.95. The highest BCUT2D eigenvalue weighted by atomic mass is 16.5. The van der Waals surface area contributed by atoms with Gasteiger partial charge in [-0.05, 0) is 73.3 Å². The van der Waals surface area contributed by atoms with Crippen LogP contribution in [0.5, 0.6) is 5.75 Å². The number of aryl methyl sites for hydroxylation is 1. The summed E-state index contributed by atoms with van der Waals surface area (Å²) >= 11 is 0. The monoisotopic (exact) mass is 538 g/mol. The third-order valence-electron chi connectivity index (χ3n) is 6.95. The zero-order valence-electron chi connectivity index (χ0n) is 22.9. The number of ether oxygens (including phenoxy) is 1. The summed E-state index contributed by atoms with van der Waals surface area (Å²) in [6.07, 6.45) is 12.4. The van der Waals surface area contributed by atoms with Gasteiger partial charge < -0.3 is 9.84 Å². The fraction of sp³-hybridized carbons (Fsp3) is 0.333. The number of aliphatic carboxylic acids is 1. The second-order valence-corrected chi connectivity index (χ2v) is 10.1. The predicted octanol–water partition coefficient (Wildman–Crippen LogP) is 7.18. The zero-order valence-corrected chi connectivity index (χ0v) is 22.9. The van der Waals surface area contributed by atoms with Crippen molar-refractivity contribution < 1.29 is 14.6 Å². The van der Waals surface area contributed by atoms with Crippen molar-refractivity contribution in [1.82, 2.24) is 20.6 Å². The maximum atomic E-state index is 11.0. The minimum absolute atomic E-state index is 0.206. The summed E-state index contributed by atoms with van der Waals surface area (Å²) in [5.74, 6) is 1.01. The number of hydrogen-bond donors (Lipinski definition) is 2. The summed E-state index contributed by atoms with van der Waals surface area (Å²) in [5.41, 5.74) is 4.58. The fourth-order valence-corrected chi connectivity index (χ4v) is 4.75. The first-order valence-corrected chi connectivity index (χ1v) is 14.2. The van der Waals surface area contributed by atoms with Gasteiger partial charge in [-0.1, -0.05) is 91.4 Å². The standard InChI is InChI=1S/C33H38N4O3/c38-32(39)17-9-6-14-27(25-28-19-22-30(23-20-28)33-34-36-37-35-33)18-21-29-15-7-8-16-31(29)40-24-10-2-5-13-26-11-3-1-4-12-26/h1,3-4,7-8,11-12,15-16,18-23,27H,2,5-6,9-10,13-14,17,24-25H2,(H,38,39)(H,34,35,36,37)/b21-18+. The van der Waals surface area contributed by atoms with Crippen LogP contribution in [0.3, 0.4) is 0 Å². The summed E-state index contributed by atoms with van der Waals surface area (Å²) in [4.78, 5) is 11.0. The van der Waals surface area contributed by atoms with Crippen molar-refractivity contribution in [3.05, 3.63) is 102 Å². The first kappa shape index (κ1) is 28.7. The number of carboxylic acid groups (broad SMARTS) is 1. The smallest absolute Gasteiger partial charge is 0.303 e. The molecule has 7 nitrogen and oxygen atoms in total. The molecule has 0 radical (unpaired) electrons. The highest BCUT2D eigenvalue weighted by Gasteiger charge is 2.10. The van der Waals surface area contributed by atoms with Gasteiger partial charge in [0.15, 0.2) is 0 Å². The van der Waals surface area contributed by atoms with Gasteiger partial charge in [-0.2, -0.15) is 5.21 Å². The Morgan fingerprint density at radius 1 is 0.875 bits per heavy atom. The molecule has 7 heteroatoms. The highest BCUT2D eigenvalue weighted by Crippen LogP contribution is 2.24. The van der Waals surface area contributed by atoms with Gasteiger partial charge in [0, 0.05) is 17.5 Å². The van der Waals surface area contributed by atoms with Crippen LogP contribution < -0.4 is 4.74 Å². The summed E-state index contributed by atoms with van der Waals surface area (Å²) in [6.45, 7) is 0.699. The van der Waals surface area contributed by atoms with E-state index in [-0.39, 0.29) is 12.3 Å². The van der Waals surface area contributed by atoms with E-state index in [1.54, 1.807) is 0 Å². The average molecular weight is 539 g/mol. The second-order valence-electron chi connectivity index (χ2n) is 10.1. The van der Waals surface area contributed by atoms with Crippen LogP contribution in [0, 0.1) is 5.92 Å². The molecule has 0 saturated heterocycles. The van der Waals surface area contributed by atoms with E-state index in [1.807, 2.05) is 30.3 Å². The number of carbonyl (C=O) groups is 1. The van der Waals surface area contributed by atoms with Crippen molar-refractivity contribution in [1.29, 1.82) is 0 Å². The Balaban J connectivity index is 1.32. The van der Waals surface area contributed by atoms with E-state index in [2.05, 4.69) is 81.3 Å². The number of H-pyrrole nitrogens is 1. The summed E-state index contributed by atoms with van der Waals surface area (Å²) in [6, 6.07) is 27.0. The summed E-state index contributed by atoms with van der Waals surface area (Å²) in [5, 5.41) is 23.2. The normalized spacial score (nSPS) is 12.0. The minimum atomic E-state index is -0.740. The molecule has 40 heavy (non-hydrogen) atoms. The molecule has 0 saturated carbocycles. The Morgan fingerprint density at radius 3 is 2.45 bits per heavy atom. The van der Waals surface area contributed by atoms with Crippen LogP contribution in [0.4, 0.5) is 0 Å².